The summed E-state index contributed by atoms with van der Waals surface area (Å²) < 4.78 is 56.8. The molecule has 2 aromatic carbocycles. The van der Waals surface area contributed by atoms with Crippen LogP contribution in [0.15, 0.2) is 36.4 Å². The summed E-state index contributed by atoms with van der Waals surface area (Å²) in [6.07, 6.45) is 0. The van der Waals surface area contributed by atoms with Crippen molar-refractivity contribution < 1.29 is 41.3 Å². The maximum Gasteiger partial charge on any atom is 0.394 e. The number of hydrogen-bond acceptors (Lipinski definition) is 4. The first-order valence-electron chi connectivity index (χ1n) is 7.75. The lowest BCUT2D eigenvalue weighted by Crippen LogP contribution is -1.97. The predicted molar refractivity (Wildman–Crippen MR) is 101 cm³/mol. The number of aryl methyl sites for hydroxylation is 3. The minimum atomic E-state index is -4.67. The molecule has 10 heteroatoms. The molecule has 0 radical (unpaired) electrons. The van der Waals surface area contributed by atoms with Crippen LogP contribution in [-0.4, -0.2) is 40.3 Å². The highest BCUT2D eigenvalue weighted by atomic mass is 32.3. The molecule has 158 valence electrons. The topological polar surface area (TPSA) is 132 Å². The lowest BCUT2D eigenvalue weighted by Gasteiger charge is -1.96. The van der Waals surface area contributed by atoms with E-state index >= 15 is 0 Å². The summed E-state index contributed by atoms with van der Waals surface area (Å²) in [6.45, 7) is 7.15. The minimum Gasteiger partial charge on any atom is -0.478 e. The van der Waals surface area contributed by atoms with Crippen LogP contribution in [-0.2, 0) is 10.4 Å². The van der Waals surface area contributed by atoms with Gasteiger partial charge in [0, 0.05) is 6.61 Å². The van der Waals surface area contributed by atoms with Crippen molar-refractivity contribution in [3.05, 3.63) is 70.3 Å². The van der Waals surface area contributed by atoms with Gasteiger partial charge in [0.05, 0.1) is 5.56 Å². The summed E-state index contributed by atoms with van der Waals surface area (Å²) in [4.78, 5) is 10.3. The fourth-order valence-electron chi connectivity index (χ4n) is 1.42. The number of benzene rings is 2. The Morgan fingerprint density at radius 3 is 1.57 bits per heavy atom. The smallest absolute Gasteiger partial charge is 0.394 e. The Labute approximate surface area is 162 Å². The predicted octanol–water partition coefficient (Wildman–Crippen LogP) is 3.62. The van der Waals surface area contributed by atoms with Gasteiger partial charge in [-0.15, -0.1) is 0 Å². The summed E-state index contributed by atoms with van der Waals surface area (Å²) in [7, 11) is -4.67. The fourth-order valence-corrected chi connectivity index (χ4v) is 1.42. The van der Waals surface area contributed by atoms with E-state index in [0.29, 0.717) is 11.1 Å². The van der Waals surface area contributed by atoms with E-state index in [1.807, 2.05) is 13.0 Å². The van der Waals surface area contributed by atoms with Crippen LogP contribution >= 0.6 is 0 Å². The fraction of sp³-hybridized carbons (Fsp3) is 0.278. The van der Waals surface area contributed by atoms with Crippen LogP contribution in [0.2, 0.25) is 0 Å². The van der Waals surface area contributed by atoms with Crippen molar-refractivity contribution in [3.63, 3.8) is 0 Å². The first kappa shape index (κ1) is 27.8. The third-order valence-corrected chi connectivity index (χ3v) is 2.75. The standard InChI is InChI=1S/C8H7FO2.C8H9F.C2H6O.H2O4S/c1-5-2-3-6(8(10)11)4-7(5)9;1-6-3-4-7(2)8(9)5-6;1-2-3;1-5(2,3)4/h2-4H,1H3,(H,10,11);3-5H,1-2H3;3H,2H2,1H3;(H2,1,2,3,4). The highest BCUT2D eigenvalue weighted by Gasteiger charge is 2.04. The van der Waals surface area contributed by atoms with Crippen molar-refractivity contribution >= 4 is 16.4 Å². The highest BCUT2D eigenvalue weighted by molar-refractivity contribution is 7.79. The maximum absolute atomic E-state index is 12.7. The molecule has 0 spiro atoms. The van der Waals surface area contributed by atoms with Gasteiger partial charge in [-0.05, 0) is 62.6 Å². The molecule has 0 amide bonds. The minimum absolute atomic E-state index is 0.0203. The number of aliphatic hydroxyl groups is 1. The lowest BCUT2D eigenvalue weighted by atomic mass is 10.1. The summed E-state index contributed by atoms with van der Waals surface area (Å²) >= 11 is 0. The molecule has 0 aromatic heterocycles. The third kappa shape index (κ3) is 15.8. The summed E-state index contributed by atoms with van der Waals surface area (Å²) in [5.41, 5.74) is 2.11. The van der Waals surface area contributed by atoms with Crippen molar-refractivity contribution in [1.29, 1.82) is 0 Å². The van der Waals surface area contributed by atoms with Crippen LogP contribution in [0, 0.1) is 32.4 Å². The second-order valence-electron chi connectivity index (χ2n) is 5.29. The van der Waals surface area contributed by atoms with Gasteiger partial charge in [0.1, 0.15) is 11.6 Å². The molecule has 4 N–H and O–H groups in total. The number of aromatic carboxylic acids is 1. The van der Waals surface area contributed by atoms with Crippen molar-refractivity contribution in [2.45, 2.75) is 27.7 Å². The molecule has 28 heavy (non-hydrogen) atoms. The summed E-state index contributed by atoms with van der Waals surface area (Å²) in [6, 6.07) is 9.05. The van der Waals surface area contributed by atoms with Crippen LogP contribution in [0.3, 0.4) is 0 Å². The zero-order chi connectivity index (χ0) is 22.5. The molecule has 0 bridgehead atoms. The molecule has 0 saturated carbocycles. The Bertz CT molecular complexity index is 845. The van der Waals surface area contributed by atoms with Gasteiger partial charge < -0.3 is 10.2 Å². The quantitative estimate of drug-likeness (QED) is 0.516. The molecule has 0 aliphatic heterocycles. The molecule has 7 nitrogen and oxygen atoms in total. The average molecular weight is 422 g/mol. The summed E-state index contributed by atoms with van der Waals surface area (Å²) in [5, 5.41) is 16.0. The van der Waals surface area contributed by atoms with E-state index in [9.17, 15) is 13.6 Å². The molecule has 2 aromatic rings. The van der Waals surface area contributed by atoms with E-state index < -0.39 is 22.2 Å². The zero-order valence-electron chi connectivity index (χ0n) is 15.8. The number of carbonyl (C=O) groups is 1. The Kier molecular flexibility index (Phi) is 13.6. The van der Waals surface area contributed by atoms with Crippen molar-refractivity contribution in [2.24, 2.45) is 0 Å². The van der Waals surface area contributed by atoms with Gasteiger partial charge in [-0.2, -0.15) is 8.42 Å². The van der Waals surface area contributed by atoms with Gasteiger partial charge in [0.2, 0.25) is 0 Å². The van der Waals surface area contributed by atoms with E-state index in [0.717, 1.165) is 11.6 Å². The van der Waals surface area contributed by atoms with Crippen LogP contribution in [0.1, 0.15) is 34.0 Å². The third-order valence-electron chi connectivity index (χ3n) is 2.75. The highest BCUT2D eigenvalue weighted by Crippen LogP contribution is 2.08. The van der Waals surface area contributed by atoms with Crippen LogP contribution in [0.25, 0.3) is 0 Å². The van der Waals surface area contributed by atoms with E-state index in [4.69, 9.17) is 27.7 Å². The van der Waals surface area contributed by atoms with Gasteiger partial charge in [-0.1, -0.05) is 18.2 Å². The van der Waals surface area contributed by atoms with Crippen molar-refractivity contribution in [3.8, 4) is 0 Å². The number of rotatable bonds is 1. The molecule has 2 rings (SSSR count). The Hall–Kier alpha value is -2.40. The number of carboxylic acid groups (broad SMARTS) is 1. The number of halogens is 2. The Morgan fingerprint density at radius 2 is 1.29 bits per heavy atom. The van der Waals surface area contributed by atoms with Gasteiger partial charge in [0.25, 0.3) is 0 Å². The first-order valence-corrected chi connectivity index (χ1v) is 9.15. The Balaban J connectivity index is 0. The number of carboxylic acids is 1. The first-order chi connectivity index (χ1) is 12.7. The van der Waals surface area contributed by atoms with Gasteiger partial charge in [-0.3, -0.25) is 9.11 Å². The monoisotopic (exact) mass is 422 g/mol. The van der Waals surface area contributed by atoms with Crippen LogP contribution in [0.4, 0.5) is 8.78 Å². The van der Waals surface area contributed by atoms with E-state index in [-0.39, 0.29) is 18.0 Å². The molecule has 0 aliphatic carbocycles. The largest absolute Gasteiger partial charge is 0.478 e. The SMILES string of the molecule is CCO.Cc1ccc(C(=O)O)cc1F.Cc1ccc(C)c(F)c1.O=S(=O)(O)O. The molecule has 0 saturated heterocycles. The molecule has 0 aliphatic rings. The van der Waals surface area contributed by atoms with Gasteiger partial charge in [-0.25, -0.2) is 13.6 Å². The summed E-state index contributed by atoms with van der Waals surface area (Å²) in [5.74, 6) is -1.70. The van der Waals surface area contributed by atoms with Gasteiger partial charge >= 0.3 is 16.4 Å². The molecule has 0 unspecified atom stereocenters. The molecular weight excluding hydrogens is 398 g/mol. The molecule has 0 heterocycles. The van der Waals surface area contributed by atoms with E-state index in [1.54, 1.807) is 26.8 Å². The molecule has 0 atom stereocenters. The Morgan fingerprint density at radius 1 is 0.929 bits per heavy atom. The lowest BCUT2D eigenvalue weighted by molar-refractivity contribution is 0.0696. The van der Waals surface area contributed by atoms with Crippen molar-refractivity contribution in [2.75, 3.05) is 6.61 Å². The van der Waals surface area contributed by atoms with Crippen LogP contribution < -0.4 is 0 Å². The maximum atomic E-state index is 12.7. The zero-order valence-corrected chi connectivity index (χ0v) is 16.7. The van der Waals surface area contributed by atoms with Gasteiger partial charge in [0.15, 0.2) is 0 Å². The normalized spacial score (nSPS) is 9.61. The average Bonchev–Trinajstić information content (AvgIpc) is 2.53. The number of hydrogen-bond donors (Lipinski definition) is 4. The molecule has 0 fully saturated rings. The molecular formula is C18H24F2O7S. The second-order valence-corrected chi connectivity index (χ2v) is 6.18. The number of aliphatic hydroxyl groups excluding tert-OH is 1. The van der Waals surface area contributed by atoms with E-state index in [2.05, 4.69) is 0 Å². The van der Waals surface area contributed by atoms with Crippen molar-refractivity contribution in [1.82, 2.24) is 0 Å². The second kappa shape index (κ2) is 13.7. The van der Waals surface area contributed by atoms with E-state index in [1.165, 1.54) is 18.2 Å². The van der Waals surface area contributed by atoms with Crippen LogP contribution in [0.5, 0.6) is 0 Å².